The highest BCUT2D eigenvalue weighted by atomic mass is 16.5. The summed E-state index contributed by atoms with van der Waals surface area (Å²) in [5, 5.41) is 10.1. The van der Waals surface area contributed by atoms with Crippen molar-refractivity contribution < 1.29 is 9.84 Å². The molecular formula is C11H20O2. The number of ether oxygens (including phenoxy) is 1. The molecular weight excluding hydrogens is 164 g/mol. The summed E-state index contributed by atoms with van der Waals surface area (Å²) in [6.45, 7) is 4.46. The van der Waals surface area contributed by atoms with Gasteiger partial charge in [0.25, 0.3) is 0 Å². The maximum atomic E-state index is 10.1. The van der Waals surface area contributed by atoms with Gasteiger partial charge < -0.3 is 9.84 Å². The molecule has 0 radical (unpaired) electrons. The summed E-state index contributed by atoms with van der Waals surface area (Å²) in [5.74, 6) is 0.358. The molecule has 1 rings (SSSR count). The molecule has 1 aliphatic rings. The highest BCUT2D eigenvalue weighted by Crippen LogP contribution is 2.31. The van der Waals surface area contributed by atoms with E-state index in [1.807, 2.05) is 6.92 Å². The first-order valence-corrected chi connectivity index (χ1v) is 4.93. The van der Waals surface area contributed by atoms with E-state index in [1.54, 1.807) is 7.11 Å². The first-order valence-electron chi connectivity index (χ1n) is 4.93. The summed E-state index contributed by atoms with van der Waals surface area (Å²) in [4.78, 5) is 0. The SMILES string of the molecule is COCC(C)(O)C1CC=C(C)CC1. The second-order valence-electron chi connectivity index (χ2n) is 4.31. The van der Waals surface area contributed by atoms with Gasteiger partial charge >= 0.3 is 0 Å². The molecule has 0 aromatic rings. The zero-order valence-electron chi connectivity index (χ0n) is 8.84. The molecule has 2 unspecified atom stereocenters. The van der Waals surface area contributed by atoms with Gasteiger partial charge in [-0.15, -0.1) is 0 Å². The normalized spacial score (nSPS) is 28.0. The number of allylic oxidation sites excluding steroid dienone is 2. The molecule has 0 aliphatic heterocycles. The van der Waals surface area contributed by atoms with Crippen molar-refractivity contribution in [3.8, 4) is 0 Å². The third-order valence-electron chi connectivity index (χ3n) is 2.95. The molecule has 2 nitrogen and oxygen atoms in total. The predicted molar refractivity (Wildman–Crippen MR) is 53.6 cm³/mol. The van der Waals surface area contributed by atoms with E-state index in [9.17, 15) is 5.11 Å². The summed E-state index contributed by atoms with van der Waals surface area (Å²) in [6.07, 6.45) is 5.42. The zero-order valence-corrected chi connectivity index (χ0v) is 8.84. The summed E-state index contributed by atoms with van der Waals surface area (Å²) in [5.41, 5.74) is 0.788. The lowest BCUT2D eigenvalue weighted by atomic mass is 9.79. The Morgan fingerprint density at radius 1 is 1.69 bits per heavy atom. The van der Waals surface area contributed by atoms with E-state index in [0.29, 0.717) is 12.5 Å². The topological polar surface area (TPSA) is 29.5 Å². The average Bonchev–Trinajstić information content (AvgIpc) is 2.05. The summed E-state index contributed by atoms with van der Waals surface area (Å²) in [7, 11) is 1.64. The molecule has 0 fully saturated rings. The van der Waals surface area contributed by atoms with Crippen LogP contribution in [0.15, 0.2) is 11.6 Å². The van der Waals surface area contributed by atoms with Crippen LogP contribution < -0.4 is 0 Å². The fourth-order valence-corrected chi connectivity index (χ4v) is 1.94. The van der Waals surface area contributed by atoms with Crippen molar-refractivity contribution in [1.82, 2.24) is 0 Å². The van der Waals surface area contributed by atoms with Gasteiger partial charge in [-0.3, -0.25) is 0 Å². The van der Waals surface area contributed by atoms with Gasteiger partial charge in [-0.2, -0.15) is 0 Å². The van der Waals surface area contributed by atoms with Gasteiger partial charge in [0.05, 0.1) is 12.2 Å². The number of hydrogen-bond donors (Lipinski definition) is 1. The fraction of sp³-hybridized carbons (Fsp3) is 0.818. The summed E-state index contributed by atoms with van der Waals surface area (Å²) < 4.78 is 5.02. The maximum Gasteiger partial charge on any atom is 0.0883 e. The standard InChI is InChI=1S/C11H20O2/c1-9-4-6-10(7-5-9)11(2,12)8-13-3/h4,10,12H,5-8H2,1-3H3. The lowest BCUT2D eigenvalue weighted by Gasteiger charge is -2.34. The van der Waals surface area contributed by atoms with Crippen molar-refractivity contribution in [1.29, 1.82) is 0 Å². The van der Waals surface area contributed by atoms with E-state index < -0.39 is 5.60 Å². The highest BCUT2D eigenvalue weighted by Gasteiger charge is 2.32. The lowest BCUT2D eigenvalue weighted by molar-refractivity contribution is -0.0626. The molecule has 0 bridgehead atoms. The first kappa shape index (κ1) is 10.7. The Kier molecular flexibility index (Phi) is 3.51. The van der Waals surface area contributed by atoms with Gasteiger partial charge in [-0.1, -0.05) is 11.6 Å². The van der Waals surface area contributed by atoms with E-state index in [0.717, 1.165) is 19.3 Å². The Bertz CT molecular complexity index is 194. The van der Waals surface area contributed by atoms with Crippen molar-refractivity contribution in [3.63, 3.8) is 0 Å². The van der Waals surface area contributed by atoms with Crippen LogP contribution in [0.2, 0.25) is 0 Å². The predicted octanol–water partition coefficient (Wildman–Crippen LogP) is 2.13. The van der Waals surface area contributed by atoms with E-state index in [1.165, 1.54) is 5.57 Å². The largest absolute Gasteiger partial charge is 0.387 e. The summed E-state index contributed by atoms with van der Waals surface area (Å²) >= 11 is 0. The lowest BCUT2D eigenvalue weighted by Crippen LogP contribution is -2.39. The van der Waals surface area contributed by atoms with Crippen LogP contribution in [-0.2, 0) is 4.74 Å². The molecule has 2 heteroatoms. The second kappa shape index (κ2) is 4.25. The van der Waals surface area contributed by atoms with Gasteiger partial charge in [0.2, 0.25) is 0 Å². The van der Waals surface area contributed by atoms with Crippen LogP contribution in [-0.4, -0.2) is 24.4 Å². The highest BCUT2D eigenvalue weighted by molar-refractivity contribution is 5.05. The minimum Gasteiger partial charge on any atom is -0.387 e. The molecule has 0 saturated carbocycles. The van der Waals surface area contributed by atoms with Crippen LogP contribution >= 0.6 is 0 Å². The van der Waals surface area contributed by atoms with Crippen molar-refractivity contribution in [2.24, 2.45) is 5.92 Å². The Balaban J connectivity index is 2.53. The minimum atomic E-state index is -0.661. The van der Waals surface area contributed by atoms with Crippen molar-refractivity contribution in [2.45, 2.75) is 38.7 Å². The molecule has 0 aromatic heterocycles. The third-order valence-corrected chi connectivity index (χ3v) is 2.95. The monoisotopic (exact) mass is 184 g/mol. The molecule has 0 amide bonds. The van der Waals surface area contributed by atoms with E-state index in [-0.39, 0.29) is 0 Å². The number of methoxy groups -OCH3 is 1. The molecule has 76 valence electrons. The van der Waals surface area contributed by atoms with Gasteiger partial charge in [0, 0.05) is 7.11 Å². The van der Waals surface area contributed by atoms with Crippen LogP contribution in [0.4, 0.5) is 0 Å². The van der Waals surface area contributed by atoms with Crippen LogP contribution in [0.1, 0.15) is 33.1 Å². The molecule has 0 heterocycles. The van der Waals surface area contributed by atoms with E-state index in [2.05, 4.69) is 13.0 Å². The van der Waals surface area contributed by atoms with Crippen LogP contribution in [0.25, 0.3) is 0 Å². The fourth-order valence-electron chi connectivity index (χ4n) is 1.94. The molecule has 1 N–H and O–H groups in total. The Hall–Kier alpha value is -0.340. The number of rotatable bonds is 3. The van der Waals surface area contributed by atoms with Gasteiger partial charge in [-0.05, 0) is 39.0 Å². The Labute approximate surface area is 80.6 Å². The van der Waals surface area contributed by atoms with Crippen LogP contribution in [0.3, 0.4) is 0 Å². The molecule has 13 heavy (non-hydrogen) atoms. The molecule has 2 atom stereocenters. The Morgan fingerprint density at radius 2 is 2.38 bits per heavy atom. The van der Waals surface area contributed by atoms with E-state index in [4.69, 9.17) is 4.74 Å². The maximum absolute atomic E-state index is 10.1. The smallest absolute Gasteiger partial charge is 0.0883 e. The van der Waals surface area contributed by atoms with Gasteiger partial charge in [0.15, 0.2) is 0 Å². The number of aliphatic hydroxyl groups is 1. The first-order chi connectivity index (χ1) is 6.06. The second-order valence-corrected chi connectivity index (χ2v) is 4.31. The van der Waals surface area contributed by atoms with Gasteiger partial charge in [0.1, 0.15) is 0 Å². The average molecular weight is 184 g/mol. The molecule has 0 aromatic carbocycles. The molecule has 0 spiro atoms. The van der Waals surface area contributed by atoms with Crippen molar-refractivity contribution >= 4 is 0 Å². The van der Waals surface area contributed by atoms with E-state index >= 15 is 0 Å². The van der Waals surface area contributed by atoms with Crippen molar-refractivity contribution in [2.75, 3.05) is 13.7 Å². The molecule has 1 aliphatic carbocycles. The zero-order chi connectivity index (χ0) is 9.90. The minimum absolute atomic E-state index is 0.358. The molecule has 0 saturated heterocycles. The van der Waals surface area contributed by atoms with Crippen molar-refractivity contribution in [3.05, 3.63) is 11.6 Å². The third kappa shape index (κ3) is 2.82. The van der Waals surface area contributed by atoms with Gasteiger partial charge in [-0.25, -0.2) is 0 Å². The van der Waals surface area contributed by atoms with Crippen LogP contribution in [0.5, 0.6) is 0 Å². The quantitative estimate of drug-likeness (QED) is 0.681. The summed E-state index contributed by atoms with van der Waals surface area (Å²) in [6, 6.07) is 0. The Morgan fingerprint density at radius 3 is 2.85 bits per heavy atom. The van der Waals surface area contributed by atoms with Crippen LogP contribution in [0, 0.1) is 5.92 Å². The number of hydrogen-bond acceptors (Lipinski definition) is 2.